The average Bonchev–Trinajstić information content (AvgIpc) is 2.64. The molecule has 86 valence electrons. The summed E-state index contributed by atoms with van der Waals surface area (Å²) in [4.78, 5) is 15.6. The van der Waals surface area contributed by atoms with E-state index in [1.165, 1.54) is 17.0 Å². The molecule has 0 atom stereocenters. The van der Waals surface area contributed by atoms with Crippen molar-refractivity contribution in [3.05, 3.63) is 35.1 Å². The van der Waals surface area contributed by atoms with Gasteiger partial charge < -0.3 is 8.97 Å². The number of sulfonamides is 1. The van der Waals surface area contributed by atoms with Gasteiger partial charge >= 0.3 is 0 Å². The summed E-state index contributed by atoms with van der Waals surface area (Å²) < 4.78 is 24.4. The summed E-state index contributed by atoms with van der Waals surface area (Å²) in [6, 6.07) is 0. The predicted octanol–water partition coefficient (Wildman–Crippen LogP) is -1.22. The molecule has 0 aliphatic heterocycles. The van der Waals surface area contributed by atoms with Gasteiger partial charge in [-0.05, 0) is 0 Å². The Morgan fingerprint density at radius 2 is 2.06 bits per heavy atom. The Balaban J connectivity index is 2.39. The standard InChI is InChI=1S/C8H10N4O3S/c9-16(14,15)6-5-12-4-3-11-2-1-10-7(11)8(12)13/h1-4H,5-6H2,(H2,9,14,15). The van der Waals surface area contributed by atoms with E-state index in [2.05, 4.69) is 4.98 Å². The third kappa shape index (κ3) is 2.12. The summed E-state index contributed by atoms with van der Waals surface area (Å²) in [5.74, 6) is -0.274. The van der Waals surface area contributed by atoms with Gasteiger partial charge in [0.05, 0.1) is 5.75 Å². The number of imidazole rings is 1. The van der Waals surface area contributed by atoms with Gasteiger partial charge in [0.25, 0.3) is 5.56 Å². The number of aromatic nitrogens is 3. The summed E-state index contributed by atoms with van der Waals surface area (Å²) in [5.41, 5.74) is -0.0759. The van der Waals surface area contributed by atoms with Gasteiger partial charge in [0, 0.05) is 31.3 Å². The minimum atomic E-state index is -3.57. The molecule has 2 aromatic rings. The van der Waals surface area contributed by atoms with Crippen molar-refractivity contribution in [1.29, 1.82) is 0 Å². The summed E-state index contributed by atoms with van der Waals surface area (Å²) in [5, 5.41) is 4.86. The largest absolute Gasteiger partial charge is 0.310 e. The number of rotatable bonds is 3. The lowest BCUT2D eigenvalue weighted by atomic mass is 10.6. The average molecular weight is 242 g/mol. The molecule has 7 nitrogen and oxygen atoms in total. The van der Waals surface area contributed by atoms with Gasteiger partial charge in [0.1, 0.15) is 0 Å². The van der Waals surface area contributed by atoms with E-state index in [1.807, 2.05) is 0 Å². The van der Waals surface area contributed by atoms with Crippen LogP contribution in [0, 0.1) is 0 Å². The number of hydrogen-bond donors (Lipinski definition) is 1. The maximum absolute atomic E-state index is 11.8. The minimum absolute atomic E-state index is 0.0288. The van der Waals surface area contributed by atoms with E-state index in [-0.39, 0.29) is 23.5 Å². The molecule has 2 heterocycles. The lowest BCUT2D eigenvalue weighted by Gasteiger charge is -2.04. The van der Waals surface area contributed by atoms with Crippen molar-refractivity contribution < 1.29 is 8.42 Å². The quantitative estimate of drug-likeness (QED) is 0.729. The molecule has 0 saturated carbocycles. The second-order valence-corrected chi connectivity index (χ2v) is 5.06. The summed E-state index contributed by atoms with van der Waals surface area (Å²) in [6.07, 6.45) is 6.27. The van der Waals surface area contributed by atoms with Crippen molar-refractivity contribution in [3.8, 4) is 0 Å². The minimum Gasteiger partial charge on any atom is -0.310 e. The Kier molecular flexibility index (Phi) is 2.52. The number of nitrogens with zero attached hydrogens (tertiary/aromatic N) is 3. The molecule has 0 amide bonds. The smallest absolute Gasteiger partial charge is 0.294 e. The Morgan fingerprint density at radius 1 is 1.31 bits per heavy atom. The zero-order valence-corrected chi connectivity index (χ0v) is 9.09. The van der Waals surface area contributed by atoms with Crippen molar-refractivity contribution in [2.24, 2.45) is 5.14 Å². The second-order valence-electron chi connectivity index (χ2n) is 3.32. The topological polar surface area (TPSA) is 99.5 Å². The molecule has 0 bridgehead atoms. The molecular formula is C8H10N4O3S. The van der Waals surface area contributed by atoms with Gasteiger partial charge in [-0.1, -0.05) is 0 Å². The third-order valence-corrected chi connectivity index (χ3v) is 2.90. The van der Waals surface area contributed by atoms with Crippen LogP contribution in [0.5, 0.6) is 0 Å². The fourth-order valence-corrected chi connectivity index (χ4v) is 1.80. The summed E-state index contributed by atoms with van der Waals surface area (Å²) >= 11 is 0. The highest BCUT2D eigenvalue weighted by Crippen LogP contribution is 1.93. The fraction of sp³-hybridized carbons (Fsp3) is 0.250. The molecule has 2 N–H and O–H groups in total. The van der Waals surface area contributed by atoms with Crippen LogP contribution in [0.3, 0.4) is 0 Å². The molecular weight excluding hydrogens is 232 g/mol. The van der Waals surface area contributed by atoms with Crippen molar-refractivity contribution >= 4 is 15.7 Å². The summed E-state index contributed by atoms with van der Waals surface area (Å²) in [7, 11) is -3.57. The molecule has 8 heteroatoms. The van der Waals surface area contributed by atoms with Crippen LogP contribution in [0.1, 0.15) is 0 Å². The lowest BCUT2D eigenvalue weighted by molar-refractivity contribution is 0.588. The van der Waals surface area contributed by atoms with Gasteiger partial charge in [-0.3, -0.25) is 4.79 Å². The van der Waals surface area contributed by atoms with Gasteiger partial charge in [0.2, 0.25) is 15.7 Å². The highest BCUT2D eigenvalue weighted by atomic mass is 32.2. The van der Waals surface area contributed by atoms with Crippen molar-refractivity contribution in [2.75, 3.05) is 5.75 Å². The van der Waals surface area contributed by atoms with Crippen LogP contribution in [-0.2, 0) is 16.6 Å². The van der Waals surface area contributed by atoms with Crippen LogP contribution in [-0.4, -0.2) is 28.1 Å². The molecule has 0 unspecified atom stereocenters. The van der Waals surface area contributed by atoms with Crippen LogP contribution in [0.2, 0.25) is 0 Å². The maximum atomic E-state index is 11.8. The predicted molar refractivity (Wildman–Crippen MR) is 57.4 cm³/mol. The number of primary sulfonamides is 1. The normalized spacial score (nSPS) is 12.1. The van der Waals surface area contributed by atoms with E-state index in [9.17, 15) is 13.2 Å². The van der Waals surface area contributed by atoms with Crippen molar-refractivity contribution in [2.45, 2.75) is 6.54 Å². The monoisotopic (exact) mass is 242 g/mol. The molecule has 16 heavy (non-hydrogen) atoms. The Morgan fingerprint density at radius 3 is 2.75 bits per heavy atom. The highest BCUT2D eigenvalue weighted by molar-refractivity contribution is 7.89. The molecule has 0 aromatic carbocycles. The van der Waals surface area contributed by atoms with E-state index >= 15 is 0 Å². The van der Waals surface area contributed by atoms with E-state index in [4.69, 9.17) is 5.14 Å². The molecule has 0 aliphatic carbocycles. The second kappa shape index (κ2) is 3.72. The number of hydrogen-bond acceptors (Lipinski definition) is 4. The van der Waals surface area contributed by atoms with Crippen molar-refractivity contribution in [3.63, 3.8) is 0 Å². The van der Waals surface area contributed by atoms with Gasteiger partial charge in [-0.25, -0.2) is 18.5 Å². The van der Waals surface area contributed by atoms with E-state index in [1.54, 1.807) is 16.8 Å². The van der Waals surface area contributed by atoms with Crippen LogP contribution in [0.25, 0.3) is 5.65 Å². The van der Waals surface area contributed by atoms with Gasteiger partial charge in [-0.15, -0.1) is 0 Å². The summed E-state index contributed by atoms with van der Waals surface area (Å²) in [6.45, 7) is 0.0288. The Bertz CT molecular complexity index is 670. The first-order valence-corrected chi connectivity index (χ1v) is 6.21. The van der Waals surface area contributed by atoms with E-state index < -0.39 is 10.0 Å². The molecule has 0 radical (unpaired) electrons. The van der Waals surface area contributed by atoms with Crippen LogP contribution in [0.4, 0.5) is 0 Å². The molecule has 0 saturated heterocycles. The van der Waals surface area contributed by atoms with E-state index in [0.29, 0.717) is 0 Å². The molecule has 2 aromatic heterocycles. The van der Waals surface area contributed by atoms with Gasteiger partial charge in [0.15, 0.2) is 0 Å². The van der Waals surface area contributed by atoms with Crippen molar-refractivity contribution in [1.82, 2.24) is 14.0 Å². The Labute approximate surface area is 91.2 Å². The first-order valence-electron chi connectivity index (χ1n) is 4.50. The first kappa shape index (κ1) is 10.8. The van der Waals surface area contributed by atoms with Crippen LogP contribution < -0.4 is 10.7 Å². The lowest BCUT2D eigenvalue weighted by Crippen LogP contribution is -2.27. The number of fused-ring (bicyclic) bond motifs is 1. The highest BCUT2D eigenvalue weighted by Gasteiger charge is 2.07. The number of aryl methyl sites for hydroxylation is 1. The van der Waals surface area contributed by atoms with Gasteiger partial charge in [-0.2, -0.15) is 0 Å². The zero-order chi connectivity index (χ0) is 11.8. The van der Waals surface area contributed by atoms with Crippen LogP contribution in [0.15, 0.2) is 29.6 Å². The molecule has 0 aliphatic rings. The Hall–Kier alpha value is -1.67. The SMILES string of the molecule is NS(=O)(=O)CCn1ccn2ccnc2c1=O. The fourth-order valence-electron chi connectivity index (χ4n) is 1.35. The first-order chi connectivity index (χ1) is 7.47. The maximum Gasteiger partial charge on any atom is 0.294 e. The molecule has 0 fully saturated rings. The molecule has 0 spiro atoms. The van der Waals surface area contributed by atoms with E-state index in [0.717, 1.165) is 0 Å². The molecule has 2 rings (SSSR count). The number of nitrogens with two attached hydrogens (primary N) is 1. The van der Waals surface area contributed by atoms with Crippen LogP contribution >= 0.6 is 0 Å². The zero-order valence-electron chi connectivity index (χ0n) is 8.28. The third-order valence-electron chi connectivity index (χ3n) is 2.14.